The number of anilines is 1. The third-order valence-electron chi connectivity index (χ3n) is 4.80. The molecular weight excluding hydrogens is 484 g/mol. The molecule has 0 bridgehead atoms. The molecule has 178 valence electrons. The number of fused-ring (bicyclic) bond motifs is 1. The number of amides is 1. The average molecular weight is 498 g/mol. The SMILES string of the molecule is Cn1c(=O)c2c(CC(=O)Nc3nc(-c4ccc(OC(F)(F)F)c(F)c4)cs3)coc2n(C)c1=O. The summed E-state index contributed by atoms with van der Waals surface area (Å²) in [7, 11) is 2.74. The second-order valence-electron chi connectivity index (χ2n) is 7.10. The molecule has 34 heavy (non-hydrogen) atoms. The Balaban J connectivity index is 1.51. The molecule has 14 heteroatoms. The van der Waals surface area contributed by atoms with E-state index in [-0.39, 0.29) is 39.5 Å². The summed E-state index contributed by atoms with van der Waals surface area (Å²) < 4.78 is 61.8. The zero-order valence-corrected chi connectivity index (χ0v) is 18.2. The first-order chi connectivity index (χ1) is 15.9. The van der Waals surface area contributed by atoms with Gasteiger partial charge >= 0.3 is 12.1 Å². The molecule has 0 saturated heterocycles. The molecule has 1 N–H and O–H groups in total. The van der Waals surface area contributed by atoms with Gasteiger partial charge in [0, 0.05) is 30.6 Å². The maximum atomic E-state index is 14.0. The van der Waals surface area contributed by atoms with Gasteiger partial charge in [-0.05, 0) is 18.2 Å². The van der Waals surface area contributed by atoms with Crippen LogP contribution in [0, 0.1) is 5.82 Å². The number of thiazole rings is 1. The van der Waals surface area contributed by atoms with E-state index in [9.17, 15) is 31.9 Å². The number of alkyl halides is 3. The van der Waals surface area contributed by atoms with Crippen molar-refractivity contribution in [1.29, 1.82) is 0 Å². The van der Waals surface area contributed by atoms with Crippen LogP contribution in [-0.2, 0) is 25.3 Å². The Morgan fingerprint density at radius 1 is 1.24 bits per heavy atom. The quantitative estimate of drug-likeness (QED) is 0.424. The lowest BCUT2D eigenvalue weighted by Crippen LogP contribution is -2.36. The van der Waals surface area contributed by atoms with Crippen LogP contribution in [0.4, 0.5) is 22.7 Å². The first-order valence-electron chi connectivity index (χ1n) is 9.41. The molecule has 0 aliphatic rings. The van der Waals surface area contributed by atoms with E-state index < -0.39 is 35.1 Å². The van der Waals surface area contributed by atoms with Crippen molar-refractivity contribution in [3.63, 3.8) is 0 Å². The van der Waals surface area contributed by atoms with Crippen LogP contribution < -0.4 is 21.3 Å². The van der Waals surface area contributed by atoms with Crippen LogP contribution >= 0.6 is 11.3 Å². The molecule has 0 fully saturated rings. The van der Waals surface area contributed by atoms with Crippen LogP contribution in [0.3, 0.4) is 0 Å². The van der Waals surface area contributed by atoms with Crippen molar-refractivity contribution in [2.45, 2.75) is 12.8 Å². The fourth-order valence-corrected chi connectivity index (χ4v) is 3.96. The molecule has 1 aromatic carbocycles. The lowest BCUT2D eigenvalue weighted by atomic mass is 10.1. The summed E-state index contributed by atoms with van der Waals surface area (Å²) in [4.78, 5) is 41.1. The number of nitrogens with zero attached hydrogens (tertiary/aromatic N) is 3. The van der Waals surface area contributed by atoms with Crippen LogP contribution in [0.2, 0.25) is 0 Å². The van der Waals surface area contributed by atoms with Crippen molar-refractivity contribution in [3.8, 4) is 17.0 Å². The number of hydrogen-bond acceptors (Lipinski definition) is 7. The number of halogens is 4. The van der Waals surface area contributed by atoms with Crippen LogP contribution in [-0.4, -0.2) is 26.4 Å². The first kappa shape index (κ1) is 23.2. The summed E-state index contributed by atoms with van der Waals surface area (Å²) in [5.74, 6) is -2.74. The van der Waals surface area contributed by atoms with Crippen molar-refractivity contribution in [1.82, 2.24) is 14.1 Å². The molecule has 0 aliphatic carbocycles. The van der Waals surface area contributed by atoms with E-state index in [0.717, 1.165) is 32.6 Å². The Hall–Kier alpha value is -3.94. The third-order valence-corrected chi connectivity index (χ3v) is 5.56. The van der Waals surface area contributed by atoms with E-state index in [1.54, 1.807) is 0 Å². The topological polar surface area (TPSA) is 108 Å². The van der Waals surface area contributed by atoms with Crippen molar-refractivity contribution in [2.75, 3.05) is 5.32 Å². The summed E-state index contributed by atoms with van der Waals surface area (Å²) in [5.41, 5.74) is -0.488. The summed E-state index contributed by atoms with van der Waals surface area (Å²) in [6.07, 6.45) is -4.07. The van der Waals surface area contributed by atoms with Gasteiger partial charge in [-0.1, -0.05) is 0 Å². The highest BCUT2D eigenvalue weighted by molar-refractivity contribution is 7.14. The van der Waals surface area contributed by atoms with Crippen LogP contribution in [0.5, 0.6) is 5.75 Å². The van der Waals surface area contributed by atoms with Gasteiger partial charge in [-0.25, -0.2) is 14.2 Å². The van der Waals surface area contributed by atoms with E-state index in [4.69, 9.17) is 4.42 Å². The standard InChI is InChI=1S/C20H14F4N4O5S/c1-27-16(30)15-10(7-32-17(15)28(2)19(27)31)6-14(29)26-18-25-12(8-34-18)9-3-4-13(11(21)5-9)33-20(22,23)24/h3-5,7-8H,6H2,1-2H3,(H,25,26,29). The smallest absolute Gasteiger partial charge is 0.447 e. The molecule has 0 radical (unpaired) electrons. The molecule has 3 aromatic heterocycles. The number of carbonyl (C=O) groups excluding carboxylic acids is 1. The Kier molecular flexibility index (Phi) is 5.77. The molecule has 0 saturated carbocycles. The number of hydrogen-bond donors (Lipinski definition) is 1. The minimum atomic E-state index is -5.03. The Bertz CT molecular complexity index is 1530. The van der Waals surface area contributed by atoms with Crippen molar-refractivity contribution < 1.29 is 31.5 Å². The molecular formula is C20H14F4N4O5S. The highest BCUT2D eigenvalue weighted by Gasteiger charge is 2.32. The maximum Gasteiger partial charge on any atom is 0.573 e. The van der Waals surface area contributed by atoms with Gasteiger partial charge in [-0.3, -0.25) is 18.7 Å². The monoisotopic (exact) mass is 498 g/mol. The largest absolute Gasteiger partial charge is 0.573 e. The molecule has 0 spiro atoms. The number of aromatic nitrogens is 3. The average Bonchev–Trinajstić information content (AvgIpc) is 3.38. The molecule has 3 heterocycles. The highest BCUT2D eigenvalue weighted by atomic mass is 32.1. The normalized spacial score (nSPS) is 11.7. The Morgan fingerprint density at radius 2 is 1.97 bits per heavy atom. The minimum absolute atomic E-state index is 0.0346. The van der Waals surface area contributed by atoms with Crippen molar-refractivity contribution in [2.24, 2.45) is 14.1 Å². The van der Waals surface area contributed by atoms with E-state index in [0.29, 0.717) is 0 Å². The van der Waals surface area contributed by atoms with Gasteiger partial charge in [0.15, 0.2) is 16.7 Å². The highest BCUT2D eigenvalue weighted by Crippen LogP contribution is 2.31. The third kappa shape index (κ3) is 4.44. The predicted octanol–water partition coefficient (Wildman–Crippen LogP) is 3.17. The van der Waals surface area contributed by atoms with Crippen LogP contribution in [0.15, 0.2) is 43.8 Å². The zero-order chi connectivity index (χ0) is 24.8. The van der Waals surface area contributed by atoms with E-state index in [2.05, 4.69) is 15.0 Å². The number of rotatable bonds is 5. The second kappa shape index (κ2) is 8.44. The minimum Gasteiger partial charge on any atom is -0.447 e. The van der Waals surface area contributed by atoms with E-state index in [1.165, 1.54) is 31.8 Å². The predicted molar refractivity (Wildman–Crippen MR) is 113 cm³/mol. The van der Waals surface area contributed by atoms with E-state index in [1.807, 2.05) is 0 Å². The molecule has 0 atom stereocenters. The maximum absolute atomic E-state index is 14.0. The van der Waals surface area contributed by atoms with Gasteiger partial charge in [0.05, 0.1) is 18.4 Å². The lowest BCUT2D eigenvalue weighted by Gasteiger charge is -2.10. The molecule has 1 amide bonds. The second-order valence-corrected chi connectivity index (χ2v) is 7.96. The summed E-state index contributed by atoms with van der Waals surface area (Å²) in [6, 6.07) is 2.86. The fourth-order valence-electron chi connectivity index (χ4n) is 3.22. The molecule has 0 unspecified atom stereocenters. The molecule has 4 aromatic rings. The summed E-state index contributed by atoms with van der Waals surface area (Å²) in [6.45, 7) is 0. The number of furan rings is 1. The Labute approximate surface area is 190 Å². The zero-order valence-electron chi connectivity index (χ0n) is 17.4. The van der Waals surface area contributed by atoms with Crippen molar-refractivity contribution >= 4 is 33.5 Å². The fraction of sp³-hybridized carbons (Fsp3) is 0.200. The Morgan fingerprint density at radius 3 is 2.65 bits per heavy atom. The number of aryl methyl sites for hydroxylation is 1. The van der Waals surface area contributed by atoms with Gasteiger partial charge in [-0.15, -0.1) is 24.5 Å². The lowest BCUT2D eigenvalue weighted by molar-refractivity contribution is -0.275. The number of ether oxygens (including phenoxy) is 1. The van der Waals surface area contributed by atoms with Crippen LogP contribution in [0.1, 0.15) is 5.56 Å². The van der Waals surface area contributed by atoms with Crippen molar-refractivity contribution in [3.05, 3.63) is 62.1 Å². The number of carbonyl (C=O) groups is 1. The van der Waals surface area contributed by atoms with Gasteiger partial charge < -0.3 is 14.5 Å². The number of nitrogens with one attached hydrogen (secondary N) is 1. The van der Waals surface area contributed by atoms with Gasteiger partial charge in [0.1, 0.15) is 5.39 Å². The van der Waals surface area contributed by atoms with Crippen LogP contribution in [0.25, 0.3) is 22.4 Å². The van der Waals surface area contributed by atoms with Gasteiger partial charge in [-0.2, -0.15) is 0 Å². The summed E-state index contributed by atoms with van der Waals surface area (Å²) >= 11 is 1.01. The van der Waals surface area contributed by atoms with Gasteiger partial charge in [0.25, 0.3) is 5.56 Å². The molecule has 9 nitrogen and oxygen atoms in total. The molecule has 0 aliphatic heterocycles. The van der Waals surface area contributed by atoms with Gasteiger partial charge in [0.2, 0.25) is 11.6 Å². The summed E-state index contributed by atoms with van der Waals surface area (Å²) in [5, 5.41) is 4.25. The van der Waals surface area contributed by atoms with E-state index >= 15 is 0 Å². The number of benzene rings is 1. The molecule has 4 rings (SSSR count). The first-order valence-corrected chi connectivity index (χ1v) is 10.3.